The van der Waals surface area contributed by atoms with Crippen molar-refractivity contribution >= 4 is 11.6 Å². The van der Waals surface area contributed by atoms with E-state index in [1.165, 1.54) is 12.1 Å². The minimum absolute atomic E-state index is 0.0542. The van der Waals surface area contributed by atoms with Crippen LogP contribution in [0.2, 0.25) is 0 Å². The summed E-state index contributed by atoms with van der Waals surface area (Å²) in [6.45, 7) is 1.49. The zero-order chi connectivity index (χ0) is 20.9. The molecule has 0 spiro atoms. The number of hydrogen-bond acceptors (Lipinski definition) is 4. The van der Waals surface area contributed by atoms with Gasteiger partial charge in [0.1, 0.15) is 5.75 Å². The molecule has 0 aromatic heterocycles. The van der Waals surface area contributed by atoms with Gasteiger partial charge in [-0.15, -0.1) is 0 Å². The predicted octanol–water partition coefficient (Wildman–Crippen LogP) is 3.38. The number of alkyl halides is 2. The number of para-hydroxylation sites is 1. The van der Waals surface area contributed by atoms with Crippen molar-refractivity contribution < 1.29 is 18.6 Å². The number of aliphatic hydroxyl groups excluding tert-OH is 1. The number of benzene rings is 2. The van der Waals surface area contributed by atoms with E-state index in [1.807, 2.05) is 37.3 Å². The summed E-state index contributed by atoms with van der Waals surface area (Å²) in [4.78, 5) is 4.39. The Morgan fingerprint density at radius 1 is 1.03 bits per heavy atom. The van der Waals surface area contributed by atoms with Crippen LogP contribution in [-0.2, 0) is 0 Å². The number of rotatable bonds is 11. The molecule has 0 amide bonds. The van der Waals surface area contributed by atoms with Crippen molar-refractivity contribution in [3.05, 3.63) is 60.2 Å². The fourth-order valence-corrected chi connectivity index (χ4v) is 2.58. The number of nitrogens with zero attached hydrogens (tertiary/aromatic N) is 1. The van der Waals surface area contributed by atoms with E-state index < -0.39 is 12.7 Å². The van der Waals surface area contributed by atoms with Crippen LogP contribution in [0.3, 0.4) is 0 Å². The highest BCUT2D eigenvalue weighted by molar-refractivity contribution is 5.79. The van der Waals surface area contributed by atoms with Crippen LogP contribution in [0.5, 0.6) is 5.75 Å². The summed E-state index contributed by atoms with van der Waals surface area (Å²) in [7, 11) is 0. The molecule has 0 aliphatic rings. The van der Waals surface area contributed by atoms with Gasteiger partial charge in [0.05, 0.1) is 12.6 Å². The van der Waals surface area contributed by atoms with Gasteiger partial charge in [0.15, 0.2) is 5.96 Å². The summed E-state index contributed by atoms with van der Waals surface area (Å²) >= 11 is 0. The maximum atomic E-state index is 12.2. The van der Waals surface area contributed by atoms with Gasteiger partial charge in [0, 0.05) is 25.3 Å². The van der Waals surface area contributed by atoms with Gasteiger partial charge in [0.25, 0.3) is 0 Å². The number of guanidine groups is 1. The zero-order valence-electron chi connectivity index (χ0n) is 16.4. The Balaban J connectivity index is 1.76. The van der Waals surface area contributed by atoms with Crippen molar-refractivity contribution in [2.24, 2.45) is 4.99 Å². The monoisotopic (exact) mass is 406 g/mol. The van der Waals surface area contributed by atoms with Gasteiger partial charge in [-0.1, -0.05) is 30.3 Å². The Hall–Kier alpha value is -2.87. The summed E-state index contributed by atoms with van der Waals surface area (Å²) in [5, 5.41) is 20.0. The van der Waals surface area contributed by atoms with Crippen LogP contribution in [0.15, 0.2) is 59.6 Å². The molecule has 1 unspecified atom stereocenters. The molecule has 6 nitrogen and oxygen atoms in total. The van der Waals surface area contributed by atoms with Crippen LogP contribution in [0, 0.1) is 0 Å². The molecule has 0 saturated heterocycles. The lowest BCUT2D eigenvalue weighted by atomic mass is 10.1. The quantitative estimate of drug-likeness (QED) is 0.261. The highest BCUT2D eigenvalue weighted by Gasteiger charge is 2.09. The number of aliphatic imine (C=N–C) groups is 1. The van der Waals surface area contributed by atoms with E-state index in [9.17, 15) is 13.9 Å². The fraction of sp³-hybridized carbons (Fsp3) is 0.381. The molecule has 1 atom stereocenters. The number of aliphatic hydroxyl groups is 1. The lowest BCUT2D eigenvalue weighted by Gasteiger charge is -2.14. The molecule has 0 bridgehead atoms. The van der Waals surface area contributed by atoms with E-state index in [4.69, 9.17) is 0 Å². The highest BCUT2D eigenvalue weighted by Crippen LogP contribution is 2.19. The van der Waals surface area contributed by atoms with Crippen LogP contribution < -0.4 is 20.7 Å². The maximum Gasteiger partial charge on any atom is 0.387 e. The highest BCUT2D eigenvalue weighted by atomic mass is 19.3. The summed E-state index contributed by atoms with van der Waals surface area (Å²) in [6, 6.07) is 15.9. The van der Waals surface area contributed by atoms with Gasteiger partial charge >= 0.3 is 6.61 Å². The van der Waals surface area contributed by atoms with Crippen molar-refractivity contribution in [1.29, 1.82) is 0 Å². The Morgan fingerprint density at radius 2 is 1.76 bits per heavy atom. The first-order valence-electron chi connectivity index (χ1n) is 9.62. The summed E-state index contributed by atoms with van der Waals surface area (Å²) in [5.74, 6) is 0.669. The normalized spacial score (nSPS) is 12.5. The first-order valence-corrected chi connectivity index (χ1v) is 9.62. The Labute approximate surface area is 170 Å². The summed E-state index contributed by atoms with van der Waals surface area (Å²) in [6.07, 6.45) is 0.0544. The average Bonchev–Trinajstić information content (AvgIpc) is 2.72. The molecular formula is C21H28F2N4O2. The first-order chi connectivity index (χ1) is 14.1. The van der Waals surface area contributed by atoms with Crippen molar-refractivity contribution in [1.82, 2.24) is 10.6 Å². The molecule has 4 N–H and O–H groups in total. The van der Waals surface area contributed by atoms with E-state index in [-0.39, 0.29) is 12.3 Å². The Kier molecular flexibility index (Phi) is 9.71. The lowest BCUT2D eigenvalue weighted by Crippen LogP contribution is -2.38. The molecule has 0 radical (unpaired) electrons. The zero-order valence-corrected chi connectivity index (χ0v) is 16.4. The largest absolute Gasteiger partial charge is 0.435 e. The molecule has 0 aliphatic heterocycles. The van der Waals surface area contributed by atoms with Crippen LogP contribution in [0.1, 0.15) is 25.0 Å². The standard InChI is InChI=1S/C21H28F2N4O2/c1-2-24-21(26-14-6-13-25-17-7-4-3-5-8-17)27-15-19(28)16-9-11-18(12-10-16)29-20(22)23/h3-5,7-12,19-20,25,28H,2,6,13-15H2,1H3,(H2,24,26,27). The third-order valence-corrected chi connectivity index (χ3v) is 4.01. The van der Waals surface area contributed by atoms with Crippen LogP contribution in [0.4, 0.5) is 14.5 Å². The molecule has 2 rings (SSSR count). The molecule has 2 aromatic rings. The van der Waals surface area contributed by atoms with Gasteiger partial charge < -0.3 is 25.8 Å². The number of ether oxygens (including phenoxy) is 1. The number of halogens is 2. The van der Waals surface area contributed by atoms with Gasteiger partial charge in [-0.05, 0) is 43.2 Å². The number of hydrogen-bond donors (Lipinski definition) is 4. The van der Waals surface area contributed by atoms with Crippen molar-refractivity contribution in [2.45, 2.75) is 26.1 Å². The van der Waals surface area contributed by atoms with E-state index in [0.29, 0.717) is 18.1 Å². The van der Waals surface area contributed by atoms with Crippen LogP contribution >= 0.6 is 0 Å². The average molecular weight is 406 g/mol. The minimum Gasteiger partial charge on any atom is -0.435 e. The molecule has 0 fully saturated rings. The van der Waals surface area contributed by atoms with Crippen molar-refractivity contribution in [2.75, 3.05) is 31.5 Å². The maximum absolute atomic E-state index is 12.2. The van der Waals surface area contributed by atoms with Gasteiger partial charge in [-0.3, -0.25) is 4.99 Å². The molecule has 158 valence electrons. The molecule has 29 heavy (non-hydrogen) atoms. The second-order valence-corrected chi connectivity index (χ2v) is 6.26. The molecule has 0 saturated carbocycles. The third-order valence-electron chi connectivity index (χ3n) is 4.01. The molecule has 0 heterocycles. The van der Waals surface area contributed by atoms with Gasteiger partial charge in [-0.2, -0.15) is 8.78 Å². The van der Waals surface area contributed by atoms with Crippen molar-refractivity contribution in [3.8, 4) is 5.75 Å². The van der Waals surface area contributed by atoms with E-state index >= 15 is 0 Å². The van der Waals surface area contributed by atoms with Gasteiger partial charge in [-0.25, -0.2) is 0 Å². The number of anilines is 1. The second-order valence-electron chi connectivity index (χ2n) is 6.26. The van der Waals surface area contributed by atoms with E-state index in [2.05, 4.69) is 25.7 Å². The predicted molar refractivity (Wildman–Crippen MR) is 112 cm³/mol. The van der Waals surface area contributed by atoms with Crippen LogP contribution in [0.25, 0.3) is 0 Å². The Morgan fingerprint density at radius 3 is 2.41 bits per heavy atom. The minimum atomic E-state index is -2.87. The molecule has 8 heteroatoms. The summed E-state index contributed by atoms with van der Waals surface area (Å²) < 4.78 is 28.7. The second kappa shape index (κ2) is 12.6. The van der Waals surface area contributed by atoms with Crippen LogP contribution in [-0.4, -0.2) is 43.9 Å². The number of nitrogens with one attached hydrogen (secondary N) is 3. The third kappa shape index (κ3) is 8.78. The Bertz CT molecular complexity index is 727. The summed E-state index contributed by atoms with van der Waals surface area (Å²) in [5.41, 5.74) is 1.67. The van der Waals surface area contributed by atoms with Gasteiger partial charge in [0.2, 0.25) is 0 Å². The first kappa shape index (κ1) is 22.4. The molecule has 0 aliphatic carbocycles. The van der Waals surface area contributed by atoms with E-state index in [1.54, 1.807) is 12.1 Å². The van der Waals surface area contributed by atoms with Crippen molar-refractivity contribution in [3.63, 3.8) is 0 Å². The molecule has 2 aromatic carbocycles. The topological polar surface area (TPSA) is 77.9 Å². The SMILES string of the molecule is CCNC(=NCC(O)c1ccc(OC(F)F)cc1)NCCCNc1ccccc1. The molecular weight excluding hydrogens is 378 g/mol. The smallest absolute Gasteiger partial charge is 0.387 e. The van der Waals surface area contributed by atoms with E-state index in [0.717, 1.165) is 25.2 Å². The fourth-order valence-electron chi connectivity index (χ4n) is 2.58. The lowest BCUT2D eigenvalue weighted by molar-refractivity contribution is -0.0498.